The Morgan fingerprint density at radius 3 is 2.27 bits per heavy atom. The van der Waals surface area contributed by atoms with Gasteiger partial charge in [0.05, 0.1) is 0 Å². The number of nitrogens with one attached hydrogen (secondary N) is 3. The minimum atomic E-state index is -0.404. The van der Waals surface area contributed by atoms with E-state index in [-0.39, 0.29) is 17.1 Å². The molecule has 0 unspecified atom stereocenters. The van der Waals surface area contributed by atoms with Gasteiger partial charge in [-0.2, -0.15) is 0 Å². The maximum atomic E-state index is 13.2. The highest BCUT2D eigenvalue weighted by Gasteiger charge is 2.24. The van der Waals surface area contributed by atoms with E-state index in [2.05, 4.69) is 20.9 Å². The van der Waals surface area contributed by atoms with Crippen LogP contribution < -0.4 is 16.0 Å². The number of rotatable bonds is 6. The molecule has 146 valence electrons. The summed E-state index contributed by atoms with van der Waals surface area (Å²) in [7, 11) is 1.68. The van der Waals surface area contributed by atoms with Gasteiger partial charge in [-0.25, -0.2) is 4.39 Å². The zero-order valence-corrected chi connectivity index (χ0v) is 17.2. The lowest BCUT2D eigenvalue weighted by atomic mass is 9.84. The first-order chi connectivity index (χ1) is 12.0. The number of hydrogen-bond donors (Lipinski definition) is 3. The second-order valence-corrected chi connectivity index (χ2v) is 8.27. The second-order valence-electron chi connectivity index (χ2n) is 7.87. The fourth-order valence-electron chi connectivity index (χ4n) is 2.28. The third kappa shape index (κ3) is 6.83. The molecule has 0 spiro atoms. The zero-order chi connectivity index (χ0) is 20.0. The number of amides is 1. The lowest BCUT2D eigenvalue weighted by molar-refractivity contribution is -0.128. The third-order valence-electron chi connectivity index (χ3n) is 3.97. The molecule has 3 N–H and O–H groups in total. The van der Waals surface area contributed by atoms with Crippen molar-refractivity contribution in [1.29, 1.82) is 0 Å². The number of carbonyl (C=O) groups excluding carboxylic acids is 1. The average molecular weight is 385 g/mol. The number of nitrogens with zero attached hydrogens (tertiary/aromatic N) is 1. The van der Waals surface area contributed by atoms with Crippen LogP contribution in [-0.2, 0) is 10.2 Å². The Kier molecular flexibility index (Phi) is 7.87. The van der Waals surface area contributed by atoms with E-state index in [1.807, 2.05) is 34.6 Å². The van der Waals surface area contributed by atoms with Crippen molar-refractivity contribution in [2.45, 2.75) is 40.0 Å². The van der Waals surface area contributed by atoms with Crippen molar-refractivity contribution >= 4 is 23.5 Å². The number of aliphatic imine (C=N–C) groups is 1. The molecule has 1 aromatic rings. The van der Waals surface area contributed by atoms with Gasteiger partial charge in [-0.1, -0.05) is 52.3 Å². The van der Waals surface area contributed by atoms with Gasteiger partial charge in [-0.3, -0.25) is 9.79 Å². The first kappa shape index (κ1) is 22.2. The quantitative estimate of drug-likeness (QED) is 0.401. The monoisotopic (exact) mass is 384 g/mol. The molecular weight excluding hydrogens is 355 g/mol. The summed E-state index contributed by atoms with van der Waals surface area (Å²) in [6.07, 6.45) is 0. The highest BCUT2D eigenvalue weighted by Crippen LogP contribution is 2.29. The van der Waals surface area contributed by atoms with Crippen molar-refractivity contribution in [1.82, 2.24) is 16.0 Å². The summed E-state index contributed by atoms with van der Waals surface area (Å²) >= 11 is 6.18. The number of guanidine groups is 1. The summed E-state index contributed by atoms with van der Waals surface area (Å²) in [5.41, 5.74) is 0.141. The van der Waals surface area contributed by atoms with Gasteiger partial charge in [0.15, 0.2) is 5.96 Å². The lowest BCUT2D eigenvalue weighted by Crippen LogP contribution is -2.46. The number of hydrogen-bond acceptors (Lipinski definition) is 2. The number of halogens is 2. The SMILES string of the molecule is CN=C(NCCNC(=O)C(C)(C)C)NCC(C)(C)c1ccc(F)cc1Cl. The highest BCUT2D eigenvalue weighted by molar-refractivity contribution is 6.31. The topological polar surface area (TPSA) is 65.5 Å². The van der Waals surface area contributed by atoms with E-state index in [1.54, 1.807) is 13.1 Å². The Bertz CT molecular complexity index is 653. The summed E-state index contributed by atoms with van der Waals surface area (Å²) in [6.45, 7) is 11.3. The fraction of sp³-hybridized carbons (Fsp3) is 0.579. The molecule has 7 heteroatoms. The third-order valence-corrected chi connectivity index (χ3v) is 4.28. The second kappa shape index (κ2) is 9.21. The number of carbonyl (C=O) groups is 1. The van der Waals surface area contributed by atoms with Crippen LogP contribution in [-0.4, -0.2) is 38.5 Å². The summed E-state index contributed by atoms with van der Waals surface area (Å²) < 4.78 is 13.2. The van der Waals surface area contributed by atoms with Crippen molar-refractivity contribution in [3.63, 3.8) is 0 Å². The molecule has 0 fully saturated rings. The predicted octanol–water partition coefficient (Wildman–Crippen LogP) is 3.08. The van der Waals surface area contributed by atoms with Crippen LogP contribution in [0.15, 0.2) is 23.2 Å². The largest absolute Gasteiger partial charge is 0.356 e. The van der Waals surface area contributed by atoms with E-state index in [0.717, 1.165) is 5.56 Å². The Balaban J connectivity index is 2.52. The molecule has 1 amide bonds. The molecule has 0 bridgehead atoms. The van der Waals surface area contributed by atoms with E-state index in [1.165, 1.54) is 12.1 Å². The van der Waals surface area contributed by atoms with Gasteiger partial charge in [-0.15, -0.1) is 0 Å². The van der Waals surface area contributed by atoms with E-state index in [9.17, 15) is 9.18 Å². The Morgan fingerprint density at radius 1 is 1.12 bits per heavy atom. The molecule has 26 heavy (non-hydrogen) atoms. The van der Waals surface area contributed by atoms with Crippen molar-refractivity contribution in [3.8, 4) is 0 Å². The van der Waals surface area contributed by atoms with Gasteiger partial charge in [0.25, 0.3) is 0 Å². The van der Waals surface area contributed by atoms with Crippen LogP contribution in [0.2, 0.25) is 5.02 Å². The van der Waals surface area contributed by atoms with Crippen LogP contribution >= 0.6 is 11.6 Å². The molecule has 0 aromatic heterocycles. The van der Waals surface area contributed by atoms with Crippen molar-refractivity contribution < 1.29 is 9.18 Å². The summed E-state index contributed by atoms with van der Waals surface area (Å²) in [5.74, 6) is 0.285. The molecule has 0 radical (unpaired) electrons. The molecular formula is C19H30ClFN4O. The molecule has 0 atom stereocenters. The molecule has 0 aliphatic carbocycles. The van der Waals surface area contributed by atoms with Gasteiger partial charge < -0.3 is 16.0 Å². The Hall–Kier alpha value is -1.82. The first-order valence-electron chi connectivity index (χ1n) is 8.66. The van der Waals surface area contributed by atoms with E-state index < -0.39 is 5.41 Å². The van der Waals surface area contributed by atoms with Crippen LogP contribution in [0.5, 0.6) is 0 Å². The Labute approximate surface area is 160 Å². The first-order valence-corrected chi connectivity index (χ1v) is 9.03. The molecule has 0 saturated carbocycles. The maximum absolute atomic E-state index is 13.2. The van der Waals surface area contributed by atoms with Gasteiger partial charge in [0.2, 0.25) is 5.91 Å². The normalized spacial score (nSPS) is 12.7. The van der Waals surface area contributed by atoms with Crippen molar-refractivity contribution in [3.05, 3.63) is 34.6 Å². The summed E-state index contributed by atoms with van der Waals surface area (Å²) in [6, 6.07) is 4.44. The summed E-state index contributed by atoms with van der Waals surface area (Å²) in [5, 5.41) is 9.68. The summed E-state index contributed by atoms with van der Waals surface area (Å²) in [4.78, 5) is 16.0. The minimum Gasteiger partial charge on any atom is -0.356 e. The smallest absolute Gasteiger partial charge is 0.225 e. The van der Waals surface area contributed by atoms with Crippen LogP contribution in [0.25, 0.3) is 0 Å². The van der Waals surface area contributed by atoms with E-state index in [4.69, 9.17) is 11.6 Å². The fourth-order valence-corrected chi connectivity index (χ4v) is 2.70. The molecule has 1 rings (SSSR count). The van der Waals surface area contributed by atoms with E-state index in [0.29, 0.717) is 30.6 Å². The molecule has 5 nitrogen and oxygen atoms in total. The average Bonchev–Trinajstić information content (AvgIpc) is 2.52. The molecule has 0 aliphatic rings. The molecule has 0 heterocycles. The van der Waals surface area contributed by atoms with E-state index >= 15 is 0 Å². The molecule has 0 saturated heterocycles. The van der Waals surface area contributed by atoms with Crippen molar-refractivity contribution in [2.24, 2.45) is 10.4 Å². The Morgan fingerprint density at radius 2 is 1.73 bits per heavy atom. The van der Waals surface area contributed by atoms with Crippen LogP contribution in [0.3, 0.4) is 0 Å². The van der Waals surface area contributed by atoms with Crippen molar-refractivity contribution in [2.75, 3.05) is 26.7 Å². The standard InChI is InChI=1S/C19H30ClFN4O/c1-18(2,3)16(26)23-9-10-24-17(22-6)25-12-19(4,5)14-8-7-13(21)11-15(14)20/h7-8,11H,9-10,12H2,1-6H3,(H,23,26)(H2,22,24,25). The highest BCUT2D eigenvalue weighted by atomic mass is 35.5. The van der Waals surface area contributed by atoms with Gasteiger partial charge >= 0.3 is 0 Å². The predicted molar refractivity (Wildman–Crippen MR) is 106 cm³/mol. The van der Waals surface area contributed by atoms with Crippen LogP contribution in [0, 0.1) is 11.2 Å². The van der Waals surface area contributed by atoms with Gasteiger partial charge in [-0.05, 0) is 17.7 Å². The minimum absolute atomic E-state index is 0.00864. The molecule has 1 aromatic carbocycles. The lowest BCUT2D eigenvalue weighted by Gasteiger charge is -2.27. The zero-order valence-electron chi connectivity index (χ0n) is 16.5. The van der Waals surface area contributed by atoms with Crippen LogP contribution in [0.1, 0.15) is 40.2 Å². The number of benzene rings is 1. The van der Waals surface area contributed by atoms with Gasteiger partial charge in [0.1, 0.15) is 5.82 Å². The molecule has 0 aliphatic heterocycles. The maximum Gasteiger partial charge on any atom is 0.225 e. The van der Waals surface area contributed by atoms with Crippen LogP contribution in [0.4, 0.5) is 4.39 Å². The van der Waals surface area contributed by atoms with Gasteiger partial charge in [0, 0.05) is 42.5 Å².